The summed E-state index contributed by atoms with van der Waals surface area (Å²) in [5.74, 6) is -0.471. The second-order valence-corrected chi connectivity index (χ2v) is 8.92. The normalized spacial score (nSPS) is 15.4. The number of ether oxygens (including phenoxy) is 1. The maximum absolute atomic E-state index is 12.1. The van der Waals surface area contributed by atoms with Crippen molar-refractivity contribution in [1.29, 1.82) is 5.26 Å². The van der Waals surface area contributed by atoms with Gasteiger partial charge in [-0.1, -0.05) is 57.4 Å². The number of rotatable bonds is 7. The summed E-state index contributed by atoms with van der Waals surface area (Å²) in [5, 5.41) is 14.8. The molecular formula is C23H27N3O3S. The number of carbonyl (C=O) groups is 2. The van der Waals surface area contributed by atoms with Gasteiger partial charge in [0.2, 0.25) is 0 Å². The van der Waals surface area contributed by atoms with E-state index in [2.05, 4.69) is 42.4 Å². The third-order valence-corrected chi connectivity index (χ3v) is 6.31. The molecular weight excluding hydrogens is 398 g/mol. The van der Waals surface area contributed by atoms with Crippen LogP contribution in [0.25, 0.3) is 10.6 Å². The number of nitrogens with zero attached hydrogens (tertiary/aromatic N) is 2. The maximum atomic E-state index is 12.1. The smallest absolute Gasteiger partial charge is 0.312 e. The second kappa shape index (κ2) is 9.86. The number of thiazole rings is 1. The van der Waals surface area contributed by atoms with Gasteiger partial charge < -0.3 is 10.1 Å². The molecule has 7 heteroatoms. The van der Waals surface area contributed by atoms with Crippen molar-refractivity contribution < 1.29 is 14.3 Å². The van der Waals surface area contributed by atoms with E-state index in [0.29, 0.717) is 24.5 Å². The van der Waals surface area contributed by atoms with Gasteiger partial charge in [-0.3, -0.25) is 9.59 Å². The molecule has 6 nitrogen and oxygen atoms in total. The summed E-state index contributed by atoms with van der Waals surface area (Å²) < 4.78 is 5.10. The molecule has 0 spiro atoms. The van der Waals surface area contributed by atoms with Crippen molar-refractivity contribution in [3.8, 4) is 16.6 Å². The third-order valence-electron chi connectivity index (χ3n) is 5.37. The Balaban J connectivity index is 1.49. The summed E-state index contributed by atoms with van der Waals surface area (Å²) in [7, 11) is 0. The van der Waals surface area contributed by atoms with Crippen molar-refractivity contribution in [1.82, 2.24) is 10.3 Å². The molecule has 1 fully saturated rings. The van der Waals surface area contributed by atoms with Gasteiger partial charge in [0, 0.05) is 10.9 Å². The van der Waals surface area contributed by atoms with E-state index in [9.17, 15) is 14.9 Å². The monoisotopic (exact) mass is 425 g/mol. The Morgan fingerprint density at radius 3 is 2.57 bits per heavy atom. The van der Waals surface area contributed by atoms with Crippen molar-refractivity contribution in [3.05, 3.63) is 40.9 Å². The van der Waals surface area contributed by atoms with Crippen LogP contribution in [0.1, 0.15) is 63.1 Å². The Hall–Kier alpha value is -2.72. The first-order valence-corrected chi connectivity index (χ1v) is 11.2. The maximum Gasteiger partial charge on any atom is 0.312 e. The van der Waals surface area contributed by atoms with Gasteiger partial charge in [0.25, 0.3) is 5.91 Å². The molecule has 3 rings (SSSR count). The minimum atomic E-state index is -0.823. The van der Waals surface area contributed by atoms with Crippen LogP contribution >= 0.6 is 11.3 Å². The Labute approximate surface area is 181 Å². The molecule has 0 unspecified atom stereocenters. The van der Waals surface area contributed by atoms with Crippen LogP contribution in [0.3, 0.4) is 0 Å². The molecule has 1 amide bonds. The van der Waals surface area contributed by atoms with E-state index < -0.39 is 17.4 Å². The average molecular weight is 426 g/mol. The molecule has 1 saturated carbocycles. The van der Waals surface area contributed by atoms with Gasteiger partial charge in [0.15, 0.2) is 6.61 Å². The van der Waals surface area contributed by atoms with Gasteiger partial charge in [-0.25, -0.2) is 4.98 Å². The van der Waals surface area contributed by atoms with E-state index in [4.69, 9.17) is 4.74 Å². The van der Waals surface area contributed by atoms with Crippen molar-refractivity contribution in [2.24, 2.45) is 0 Å². The highest BCUT2D eigenvalue weighted by molar-refractivity contribution is 7.13. The number of hydrogen-bond donors (Lipinski definition) is 1. The molecule has 1 aliphatic carbocycles. The number of hydrogen-bond acceptors (Lipinski definition) is 6. The number of nitrogens with one attached hydrogen (secondary N) is 1. The first-order valence-electron chi connectivity index (χ1n) is 10.3. The lowest BCUT2D eigenvalue weighted by atomic mass is 9.83. The van der Waals surface area contributed by atoms with E-state index in [1.807, 2.05) is 17.5 Å². The third kappa shape index (κ3) is 5.67. The fourth-order valence-electron chi connectivity index (χ4n) is 3.60. The van der Waals surface area contributed by atoms with Crippen molar-refractivity contribution in [2.45, 2.75) is 63.8 Å². The first kappa shape index (κ1) is 22.0. The highest BCUT2D eigenvalue weighted by Crippen LogP contribution is 2.28. The van der Waals surface area contributed by atoms with E-state index >= 15 is 0 Å². The van der Waals surface area contributed by atoms with Crippen LogP contribution in [-0.4, -0.2) is 29.0 Å². The number of aromatic nitrogens is 1. The molecule has 1 aromatic carbocycles. The SMILES string of the molecule is CC(C)c1ccc(-c2nc(CC(=O)OCC(=O)NC3(C#N)CCCCC3)cs2)cc1. The van der Waals surface area contributed by atoms with Crippen molar-refractivity contribution >= 4 is 23.2 Å². The van der Waals surface area contributed by atoms with Crippen LogP contribution in [0, 0.1) is 11.3 Å². The molecule has 0 atom stereocenters. The molecule has 1 heterocycles. The lowest BCUT2D eigenvalue weighted by Crippen LogP contribution is -2.50. The van der Waals surface area contributed by atoms with Gasteiger partial charge in [0.1, 0.15) is 10.5 Å². The van der Waals surface area contributed by atoms with Crippen LogP contribution in [-0.2, 0) is 20.7 Å². The second-order valence-electron chi connectivity index (χ2n) is 8.06. The predicted octanol–water partition coefficient (Wildman–Crippen LogP) is 4.36. The van der Waals surface area contributed by atoms with Gasteiger partial charge >= 0.3 is 5.97 Å². The lowest BCUT2D eigenvalue weighted by Gasteiger charge is -2.31. The molecule has 158 valence electrons. The number of benzene rings is 1. The molecule has 0 saturated heterocycles. The fourth-order valence-corrected chi connectivity index (χ4v) is 4.43. The summed E-state index contributed by atoms with van der Waals surface area (Å²) >= 11 is 1.47. The van der Waals surface area contributed by atoms with Crippen LogP contribution in [0.2, 0.25) is 0 Å². The lowest BCUT2D eigenvalue weighted by molar-refractivity contribution is -0.148. The molecule has 0 aliphatic heterocycles. The van der Waals surface area contributed by atoms with Crippen LogP contribution in [0.15, 0.2) is 29.6 Å². The Kier molecular flexibility index (Phi) is 7.22. The molecule has 30 heavy (non-hydrogen) atoms. The minimum Gasteiger partial charge on any atom is -0.455 e. The summed E-state index contributed by atoms with van der Waals surface area (Å²) in [5.41, 5.74) is 2.08. The van der Waals surface area contributed by atoms with E-state index in [-0.39, 0.29) is 13.0 Å². The van der Waals surface area contributed by atoms with E-state index in [1.54, 1.807) is 0 Å². The molecule has 0 radical (unpaired) electrons. The van der Waals surface area contributed by atoms with Crippen LogP contribution < -0.4 is 5.32 Å². The average Bonchev–Trinajstić information content (AvgIpc) is 3.21. The van der Waals surface area contributed by atoms with Gasteiger partial charge in [-0.05, 0) is 24.3 Å². The molecule has 1 aliphatic rings. The standard InChI is InChI=1S/C23H27N3O3S/c1-16(2)17-6-8-18(9-7-17)22-25-19(14-30-22)12-21(28)29-13-20(27)26-23(15-24)10-4-3-5-11-23/h6-9,14,16H,3-5,10-13H2,1-2H3,(H,26,27). The van der Waals surface area contributed by atoms with Crippen LogP contribution in [0.5, 0.6) is 0 Å². The summed E-state index contributed by atoms with van der Waals surface area (Å²) in [4.78, 5) is 28.8. The summed E-state index contributed by atoms with van der Waals surface area (Å²) in [6.07, 6.45) is 4.20. The Bertz CT molecular complexity index is 922. The quantitative estimate of drug-likeness (QED) is 0.665. The zero-order valence-electron chi connectivity index (χ0n) is 17.4. The van der Waals surface area contributed by atoms with Crippen molar-refractivity contribution in [3.63, 3.8) is 0 Å². The number of amides is 1. The molecule has 0 bridgehead atoms. The Morgan fingerprint density at radius 2 is 1.93 bits per heavy atom. The number of nitriles is 1. The molecule has 1 N–H and O–H groups in total. The largest absolute Gasteiger partial charge is 0.455 e. The topological polar surface area (TPSA) is 92.1 Å². The van der Waals surface area contributed by atoms with E-state index in [1.165, 1.54) is 16.9 Å². The van der Waals surface area contributed by atoms with Crippen molar-refractivity contribution in [2.75, 3.05) is 6.61 Å². The number of carbonyl (C=O) groups excluding carboxylic acids is 2. The predicted molar refractivity (Wildman–Crippen MR) is 116 cm³/mol. The minimum absolute atomic E-state index is 0.0112. The highest BCUT2D eigenvalue weighted by Gasteiger charge is 2.33. The van der Waals surface area contributed by atoms with Gasteiger partial charge in [-0.2, -0.15) is 5.26 Å². The molecule has 1 aromatic heterocycles. The number of esters is 1. The zero-order valence-corrected chi connectivity index (χ0v) is 18.3. The highest BCUT2D eigenvalue weighted by atomic mass is 32.1. The van der Waals surface area contributed by atoms with Gasteiger partial charge in [0.05, 0.1) is 18.2 Å². The Morgan fingerprint density at radius 1 is 1.23 bits per heavy atom. The van der Waals surface area contributed by atoms with E-state index in [0.717, 1.165) is 29.8 Å². The fraction of sp³-hybridized carbons (Fsp3) is 0.478. The summed E-state index contributed by atoms with van der Waals surface area (Å²) in [6, 6.07) is 10.5. The van der Waals surface area contributed by atoms with Gasteiger partial charge in [-0.15, -0.1) is 11.3 Å². The summed E-state index contributed by atoms with van der Waals surface area (Å²) in [6.45, 7) is 3.92. The molecule has 2 aromatic rings. The van der Waals surface area contributed by atoms with Crippen LogP contribution in [0.4, 0.5) is 0 Å². The first-order chi connectivity index (χ1) is 14.4. The zero-order chi connectivity index (χ0) is 21.6.